The molecule has 24 heavy (non-hydrogen) atoms. The molecule has 1 unspecified atom stereocenters. The van der Waals surface area contributed by atoms with E-state index in [4.69, 9.17) is 4.98 Å². The lowest BCUT2D eigenvalue weighted by molar-refractivity contribution is 0.728. The Morgan fingerprint density at radius 2 is 2.21 bits per heavy atom. The maximum Gasteiger partial charge on any atom is 0.325 e. The Morgan fingerprint density at radius 1 is 1.33 bits per heavy atom. The molecule has 4 rings (SSSR count). The van der Waals surface area contributed by atoms with Crippen molar-refractivity contribution in [3.8, 4) is 0 Å². The molecule has 2 N–H and O–H groups in total. The summed E-state index contributed by atoms with van der Waals surface area (Å²) < 4.78 is 0. The number of nitrogens with zero attached hydrogens (tertiary/aromatic N) is 3. The van der Waals surface area contributed by atoms with Crippen molar-refractivity contribution in [2.75, 3.05) is 18.0 Å². The molecule has 0 aromatic carbocycles. The van der Waals surface area contributed by atoms with E-state index in [2.05, 4.69) is 25.9 Å². The van der Waals surface area contributed by atoms with Crippen molar-refractivity contribution in [3.05, 3.63) is 49.9 Å². The Labute approximate surface area is 141 Å². The Hall–Kier alpha value is -2.48. The van der Waals surface area contributed by atoms with Crippen molar-refractivity contribution >= 4 is 27.4 Å². The molecule has 0 spiro atoms. The van der Waals surface area contributed by atoms with Crippen LogP contribution in [0.5, 0.6) is 0 Å². The Morgan fingerprint density at radius 3 is 3.00 bits per heavy atom. The molecule has 4 heterocycles. The number of aromatic nitrogens is 4. The van der Waals surface area contributed by atoms with Crippen LogP contribution in [0, 0.1) is 0 Å². The Bertz CT molecular complexity index is 977. The van der Waals surface area contributed by atoms with Gasteiger partial charge in [-0.15, -0.1) is 11.3 Å². The Balaban J connectivity index is 1.69. The zero-order valence-corrected chi connectivity index (χ0v) is 14.0. The summed E-state index contributed by atoms with van der Waals surface area (Å²) in [7, 11) is 0. The van der Waals surface area contributed by atoms with E-state index in [-0.39, 0.29) is 11.5 Å². The molecule has 0 saturated carbocycles. The lowest BCUT2D eigenvalue weighted by Gasteiger charge is -2.19. The quantitative estimate of drug-likeness (QED) is 0.754. The molecule has 3 aromatic rings. The zero-order valence-electron chi connectivity index (χ0n) is 13.2. The van der Waals surface area contributed by atoms with E-state index < -0.39 is 5.69 Å². The minimum absolute atomic E-state index is 0.119. The van der Waals surface area contributed by atoms with Crippen LogP contribution in [-0.4, -0.2) is 33.0 Å². The highest BCUT2D eigenvalue weighted by Crippen LogP contribution is 2.33. The van der Waals surface area contributed by atoms with E-state index in [0.717, 1.165) is 47.8 Å². The number of aromatic amines is 2. The summed E-state index contributed by atoms with van der Waals surface area (Å²) in [5, 5.41) is 3.10. The lowest BCUT2D eigenvalue weighted by atomic mass is 10.1. The number of aryl methyl sites for hydroxylation is 1. The first-order chi connectivity index (χ1) is 11.6. The van der Waals surface area contributed by atoms with Gasteiger partial charge in [0, 0.05) is 37.2 Å². The van der Waals surface area contributed by atoms with Crippen molar-refractivity contribution in [1.82, 2.24) is 19.9 Å². The molecule has 0 aliphatic carbocycles. The fraction of sp³-hybridized carbons (Fsp3) is 0.375. The maximum absolute atomic E-state index is 11.5. The lowest BCUT2D eigenvalue weighted by Crippen LogP contribution is -2.26. The van der Waals surface area contributed by atoms with Crippen molar-refractivity contribution in [2.45, 2.75) is 25.7 Å². The molecule has 0 bridgehead atoms. The van der Waals surface area contributed by atoms with Crippen LogP contribution >= 0.6 is 11.3 Å². The van der Waals surface area contributed by atoms with Crippen LogP contribution in [0.2, 0.25) is 0 Å². The van der Waals surface area contributed by atoms with Crippen LogP contribution in [0.1, 0.15) is 30.8 Å². The van der Waals surface area contributed by atoms with Gasteiger partial charge in [0.25, 0.3) is 5.56 Å². The highest BCUT2D eigenvalue weighted by Gasteiger charge is 2.27. The summed E-state index contributed by atoms with van der Waals surface area (Å²) in [4.78, 5) is 40.5. The average Bonchev–Trinajstić information content (AvgIpc) is 3.22. The second kappa shape index (κ2) is 5.86. The number of hydrogen-bond donors (Lipinski definition) is 2. The van der Waals surface area contributed by atoms with Crippen molar-refractivity contribution in [2.24, 2.45) is 0 Å². The van der Waals surface area contributed by atoms with Crippen LogP contribution in [-0.2, 0) is 6.42 Å². The standard InChI is InChI=1S/C16H17N5O2S/c1-2-12-18-14(10-4-6-24-15(10)19-12)21-5-3-9(8-21)11-7-13(22)20-16(23)17-11/h4,6-7,9H,2-3,5,8H2,1H3,(H2,17,20,22,23). The van der Waals surface area contributed by atoms with E-state index in [0.29, 0.717) is 5.69 Å². The van der Waals surface area contributed by atoms with Gasteiger partial charge in [-0.2, -0.15) is 0 Å². The fourth-order valence-corrected chi connectivity index (χ4v) is 3.97. The highest BCUT2D eigenvalue weighted by molar-refractivity contribution is 7.16. The second-order valence-electron chi connectivity index (χ2n) is 5.93. The van der Waals surface area contributed by atoms with E-state index in [1.165, 1.54) is 6.07 Å². The Kier molecular flexibility index (Phi) is 3.68. The summed E-state index contributed by atoms with van der Waals surface area (Å²) in [6.45, 7) is 3.61. The molecule has 1 saturated heterocycles. The van der Waals surface area contributed by atoms with Gasteiger partial charge in [0.05, 0.1) is 5.39 Å². The fourth-order valence-electron chi connectivity index (χ4n) is 3.20. The minimum atomic E-state index is -0.452. The van der Waals surface area contributed by atoms with Crippen LogP contribution in [0.3, 0.4) is 0 Å². The largest absolute Gasteiger partial charge is 0.355 e. The molecular formula is C16H17N5O2S. The smallest absolute Gasteiger partial charge is 0.325 e. The van der Waals surface area contributed by atoms with E-state index in [1.54, 1.807) is 11.3 Å². The molecule has 124 valence electrons. The van der Waals surface area contributed by atoms with Crippen molar-refractivity contribution < 1.29 is 0 Å². The summed E-state index contributed by atoms with van der Waals surface area (Å²) in [5.41, 5.74) is -0.119. The number of nitrogens with one attached hydrogen (secondary N) is 2. The van der Waals surface area contributed by atoms with Gasteiger partial charge in [-0.05, 0) is 17.9 Å². The number of rotatable bonds is 3. The highest BCUT2D eigenvalue weighted by atomic mass is 32.1. The van der Waals surface area contributed by atoms with Crippen LogP contribution in [0.25, 0.3) is 10.2 Å². The number of fused-ring (bicyclic) bond motifs is 1. The van der Waals surface area contributed by atoms with Gasteiger partial charge < -0.3 is 9.88 Å². The predicted octanol–water partition coefficient (Wildman–Crippen LogP) is 1.62. The first-order valence-electron chi connectivity index (χ1n) is 7.96. The molecule has 7 nitrogen and oxygen atoms in total. The van der Waals surface area contributed by atoms with Gasteiger partial charge >= 0.3 is 5.69 Å². The van der Waals surface area contributed by atoms with Crippen LogP contribution in [0.4, 0.5) is 5.82 Å². The van der Waals surface area contributed by atoms with Gasteiger partial charge in [0.15, 0.2) is 0 Å². The van der Waals surface area contributed by atoms with Crippen LogP contribution in [0.15, 0.2) is 27.1 Å². The van der Waals surface area contributed by atoms with Gasteiger partial charge in [-0.3, -0.25) is 9.78 Å². The topological polar surface area (TPSA) is 94.7 Å². The van der Waals surface area contributed by atoms with Crippen molar-refractivity contribution in [3.63, 3.8) is 0 Å². The third-order valence-electron chi connectivity index (χ3n) is 4.38. The molecule has 1 aliphatic heterocycles. The number of thiophene rings is 1. The number of anilines is 1. The second-order valence-corrected chi connectivity index (χ2v) is 6.83. The summed E-state index contributed by atoms with van der Waals surface area (Å²) in [5.74, 6) is 1.91. The molecule has 1 atom stereocenters. The summed E-state index contributed by atoms with van der Waals surface area (Å²) in [6.07, 6.45) is 1.66. The van der Waals surface area contributed by atoms with E-state index in [1.807, 2.05) is 12.3 Å². The van der Waals surface area contributed by atoms with Gasteiger partial charge in [-0.1, -0.05) is 6.92 Å². The van der Waals surface area contributed by atoms with Gasteiger partial charge in [0.2, 0.25) is 0 Å². The molecule has 0 radical (unpaired) electrons. The molecule has 1 fully saturated rings. The van der Waals surface area contributed by atoms with E-state index in [9.17, 15) is 9.59 Å². The van der Waals surface area contributed by atoms with E-state index >= 15 is 0 Å². The first kappa shape index (κ1) is 15.1. The van der Waals surface area contributed by atoms with Gasteiger partial charge in [0.1, 0.15) is 16.5 Å². The van der Waals surface area contributed by atoms with Crippen molar-refractivity contribution in [1.29, 1.82) is 0 Å². The normalized spacial score (nSPS) is 17.7. The summed E-state index contributed by atoms with van der Waals surface area (Å²) >= 11 is 1.62. The molecule has 0 amide bonds. The average molecular weight is 343 g/mol. The monoisotopic (exact) mass is 343 g/mol. The van der Waals surface area contributed by atoms with Gasteiger partial charge in [-0.25, -0.2) is 14.8 Å². The zero-order chi connectivity index (χ0) is 16.7. The third kappa shape index (κ3) is 2.62. The first-order valence-corrected chi connectivity index (χ1v) is 8.84. The minimum Gasteiger partial charge on any atom is -0.355 e. The SMILES string of the molecule is CCc1nc(N2CCC(c3cc(=O)[nH]c(=O)[nH]3)C2)c2ccsc2n1. The number of H-pyrrole nitrogens is 2. The third-order valence-corrected chi connectivity index (χ3v) is 5.18. The molecular weight excluding hydrogens is 326 g/mol. The summed E-state index contributed by atoms with van der Waals surface area (Å²) in [6, 6.07) is 3.53. The maximum atomic E-state index is 11.5. The molecule has 1 aliphatic rings. The molecule has 3 aromatic heterocycles. The van der Waals surface area contributed by atoms with Crippen LogP contribution < -0.4 is 16.1 Å². The predicted molar refractivity (Wildman–Crippen MR) is 94.0 cm³/mol. The number of hydrogen-bond acceptors (Lipinski definition) is 6. The molecule has 8 heteroatoms.